The Bertz CT molecular complexity index is 364. The number of allylic oxidation sites excluding steroid dienone is 2. The highest BCUT2D eigenvalue weighted by molar-refractivity contribution is 6.20. The molecular formula is C10H10O4. The lowest BCUT2D eigenvalue weighted by atomic mass is 9.88. The smallest absolute Gasteiger partial charge is 0.185 e. The predicted octanol–water partition coefficient (Wildman–Crippen LogP) is -0.229. The summed E-state index contributed by atoms with van der Waals surface area (Å²) in [5.74, 6) is -0.534. The van der Waals surface area contributed by atoms with Crippen molar-refractivity contribution in [1.82, 2.24) is 0 Å². The fourth-order valence-electron chi connectivity index (χ4n) is 1.64. The Kier molecular flexibility index (Phi) is 2.09. The molecule has 4 heteroatoms. The average Bonchev–Trinajstić information content (AvgIpc) is 2.16. The van der Waals surface area contributed by atoms with Gasteiger partial charge in [-0.05, 0) is 19.1 Å². The summed E-state index contributed by atoms with van der Waals surface area (Å²) >= 11 is 0. The molecule has 0 radical (unpaired) electrons. The third-order valence-corrected chi connectivity index (χ3v) is 2.51. The zero-order valence-electron chi connectivity index (χ0n) is 7.69. The summed E-state index contributed by atoms with van der Waals surface area (Å²) in [5.41, 5.74) is 0.499. The summed E-state index contributed by atoms with van der Waals surface area (Å²) in [4.78, 5) is 22.8. The Morgan fingerprint density at radius 1 is 1.36 bits per heavy atom. The molecule has 4 nitrogen and oxygen atoms in total. The molecule has 2 rings (SSSR count). The third-order valence-electron chi connectivity index (χ3n) is 2.51. The topological polar surface area (TPSA) is 63.6 Å². The quantitative estimate of drug-likeness (QED) is 0.541. The highest BCUT2D eigenvalue weighted by Crippen LogP contribution is 2.25. The highest BCUT2D eigenvalue weighted by atomic mass is 16.5. The first-order valence-corrected chi connectivity index (χ1v) is 4.40. The van der Waals surface area contributed by atoms with Crippen LogP contribution in [0.4, 0.5) is 0 Å². The minimum Gasteiger partial charge on any atom is -0.386 e. The van der Waals surface area contributed by atoms with Crippen molar-refractivity contribution in [3.05, 3.63) is 23.3 Å². The van der Waals surface area contributed by atoms with Gasteiger partial charge in [-0.15, -0.1) is 0 Å². The van der Waals surface area contributed by atoms with Crippen molar-refractivity contribution in [1.29, 1.82) is 0 Å². The van der Waals surface area contributed by atoms with Gasteiger partial charge in [-0.1, -0.05) is 0 Å². The van der Waals surface area contributed by atoms with Crippen LogP contribution in [-0.2, 0) is 14.3 Å². The van der Waals surface area contributed by atoms with Gasteiger partial charge in [-0.2, -0.15) is 0 Å². The van der Waals surface area contributed by atoms with Crippen LogP contribution in [0.15, 0.2) is 23.3 Å². The van der Waals surface area contributed by atoms with Crippen molar-refractivity contribution in [2.75, 3.05) is 6.61 Å². The van der Waals surface area contributed by atoms with Crippen LogP contribution >= 0.6 is 0 Å². The van der Waals surface area contributed by atoms with Crippen LogP contribution in [0.1, 0.15) is 6.92 Å². The van der Waals surface area contributed by atoms with E-state index in [1.54, 1.807) is 6.92 Å². The molecule has 1 aliphatic carbocycles. The molecule has 0 bridgehead atoms. The van der Waals surface area contributed by atoms with Gasteiger partial charge in [-0.25, -0.2) is 0 Å². The second-order valence-corrected chi connectivity index (χ2v) is 3.42. The Labute approximate surface area is 80.9 Å². The van der Waals surface area contributed by atoms with Crippen LogP contribution < -0.4 is 0 Å². The number of ether oxygens (including phenoxy) is 1. The molecule has 0 unspecified atom stereocenters. The van der Waals surface area contributed by atoms with Gasteiger partial charge in [0.05, 0.1) is 12.7 Å². The van der Waals surface area contributed by atoms with Crippen LogP contribution in [0.2, 0.25) is 0 Å². The third kappa shape index (κ3) is 1.23. The number of hydrogen-bond donors (Lipinski definition) is 1. The monoisotopic (exact) mass is 194 g/mol. The van der Waals surface area contributed by atoms with Crippen molar-refractivity contribution in [3.63, 3.8) is 0 Å². The SMILES string of the molecule is C[C@H]1OCC2=C(C(=O)C=CC2=O)[C@H]1O. The van der Waals surface area contributed by atoms with Crippen LogP contribution in [0.25, 0.3) is 0 Å². The molecule has 0 aromatic rings. The first kappa shape index (κ1) is 9.30. The largest absolute Gasteiger partial charge is 0.386 e. The van der Waals surface area contributed by atoms with Crippen LogP contribution in [0.5, 0.6) is 0 Å². The average molecular weight is 194 g/mol. The minimum atomic E-state index is -0.986. The van der Waals surface area contributed by atoms with Gasteiger partial charge in [0.2, 0.25) is 0 Å². The number of carbonyl (C=O) groups is 2. The van der Waals surface area contributed by atoms with E-state index in [9.17, 15) is 14.7 Å². The molecule has 0 fully saturated rings. The highest BCUT2D eigenvalue weighted by Gasteiger charge is 2.35. The fourth-order valence-corrected chi connectivity index (χ4v) is 1.64. The van der Waals surface area contributed by atoms with E-state index < -0.39 is 12.2 Å². The van der Waals surface area contributed by atoms with Gasteiger partial charge in [0.25, 0.3) is 0 Å². The van der Waals surface area contributed by atoms with Crippen LogP contribution in [0.3, 0.4) is 0 Å². The molecule has 0 saturated carbocycles. The molecular weight excluding hydrogens is 184 g/mol. The maximum atomic E-state index is 11.4. The number of rotatable bonds is 0. The normalized spacial score (nSPS) is 32.1. The van der Waals surface area contributed by atoms with Gasteiger partial charge < -0.3 is 9.84 Å². The zero-order chi connectivity index (χ0) is 10.3. The second-order valence-electron chi connectivity index (χ2n) is 3.42. The molecule has 1 N–H and O–H groups in total. The summed E-state index contributed by atoms with van der Waals surface area (Å²) < 4.78 is 5.16. The van der Waals surface area contributed by atoms with Crippen LogP contribution in [-0.4, -0.2) is 35.5 Å². The van der Waals surface area contributed by atoms with Gasteiger partial charge in [0.1, 0.15) is 6.10 Å². The summed E-state index contributed by atoms with van der Waals surface area (Å²) in [6.45, 7) is 1.78. The molecule has 1 heterocycles. The van der Waals surface area contributed by atoms with Crippen LogP contribution in [0, 0.1) is 0 Å². The zero-order valence-corrected chi connectivity index (χ0v) is 7.69. The fraction of sp³-hybridized carbons (Fsp3) is 0.400. The van der Waals surface area contributed by atoms with E-state index in [1.807, 2.05) is 0 Å². The molecule has 2 atom stereocenters. The first-order valence-electron chi connectivity index (χ1n) is 4.40. The van der Waals surface area contributed by atoms with Crippen molar-refractivity contribution in [2.24, 2.45) is 0 Å². The summed E-state index contributed by atoms with van der Waals surface area (Å²) in [7, 11) is 0. The molecule has 0 spiro atoms. The Hall–Kier alpha value is -1.26. The van der Waals surface area contributed by atoms with Gasteiger partial charge >= 0.3 is 0 Å². The number of carbonyl (C=O) groups excluding carboxylic acids is 2. The van der Waals surface area contributed by atoms with E-state index >= 15 is 0 Å². The summed E-state index contributed by atoms with van der Waals surface area (Å²) in [5, 5.41) is 9.67. The number of aliphatic hydroxyl groups is 1. The maximum absolute atomic E-state index is 11.4. The van der Waals surface area contributed by atoms with Gasteiger partial charge in [-0.3, -0.25) is 9.59 Å². The molecule has 74 valence electrons. The van der Waals surface area contributed by atoms with E-state index in [1.165, 1.54) is 12.2 Å². The first-order chi connectivity index (χ1) is 6.61. The standard InChI is InChI=1S/C10H10O4/c1-5-10(13)9-6(4-14-5)7(11)2-3-8(9)12/h2-3,5,10,13H,4H2,1H3/t5-,10+/m1/s1. The van der Waals surface area contributed by atoms with E-state index in [-0.39, 0.29) is 23.7 Å². The number of aliphatic hydroxyl groups excluding tert-OH is 1. The lowest BCUT2D eigenvalue weighted by molar-refractivity contribution is -0.119. The Morgan fingerprint density at radius 2 is 2.00 bits per heavy atom. The molecule has 0 saturated heterocycles. The molecule has 0 amide bonds. The molecule has 2 aliphatic rings. The lowest BCUT2D eigenvalue weighted by Gasteiger charge is -2.29. The van der Waals surface area contributed by atoms with Crippen molar-refractivity contribution in [2.45, 2.75) is 19.1 Å². The molecule has 0 aromatic carbocycles. The van der Waals surface area contributed by atoms with Crippen molar-refractivity contribution in [3.8, 4) is 0 Å². The minimum absolute atomic E-state index is 0.114. The predicted molar refractivity (Wildman–Crippen MR) is 47.6 cm³/mol. The van der Waals surface area contributed by atoms with Gasteiger partial charge in [0.15, 0.2) is 11.6 Å². The Balaban J connectivity index is 2.47. The second kappa shape index (κ2) is 3.15. The Morgan fingerprint density at radius 3 is 2.71 bits per heavy atom. The van der Waals surface area contributed by atoms with E-state index in [0.717, 1.165) is 0 Å². The number of ketones is 2. The summed E-state index contributed by atoms with van der Waals surface area (Å²) in [6.07, 6.45) is 0.993. The molecule has 0 aromatic heterocycles. The van der Waals surface area contributed by atoms with E-state index in [0.29, 0.717) is 5.57 Å². The summed E-state index contributed by atoms with van der Waals surface area (Å²) in [6, 6.07) is 0. The van der Waals surface area contributed by atoms with E-state index in [4.69, 9.17) is 4.74 Å². The maximum Gasteiger partial charge on any atom is 0.185 e. The number of hydrogen-bond acceptors (Lipinski definition) is 4. The molecule has 14 heavy (non-hydrogen) atoms. The lowest BCUT2D eigenvalue weighted by Crippen LogP contribution is -2.39. The van der Waals surface area contributed by atoms with Crippen molar-refractivity contribution < 1.29 is 19.4 Å². The van der Waals surface area contributed by atoms with Gasteiger partial charge in [0, 0.05) is 11.1 Å². The molecule has 1 aliphatic heterocycles. The van der Waals surface area contributed by atoms with E-state index in [2.05, 4.69) is 0 Å². The van der Waals surface area contributed by atoms with Crippen molar-refractivity contribution >= 4 is 11.6 Å².